The molecule has 11 heteroatoms. The maximum Gasteiger partial charge on any atom is 0.416 e. The normalized spacial score (nSPS) is 16.0. The zero-order valence-electron chi connectivity index (χ0n) is 15.8. The molecule has 1 aliphatic heterocycles. The molecule has 3 rings (SSSR count). The molecular formula is C19H18ClF4N5O. The van der Waals surface area contributed by atoms with Crippen LogP contribution in [-0.4, -0.2) is 29.0 Å². The molecule has 0 spiro atoms. The van der Waals surface area contributed by atoms with Crippen LogP contribution in [-0.2, 0) is 6.18 Å². The van der Waals surface area contributed by atoms with Gasteiger partial charge in [-0.3, -0.25) is 4.79 Å². The fraction of sp³-hybridized carbons (Fsp3) is 0.316. The van der Waals surface area contributed by atoms with E-state index < -0.39 is 29.0 Å². The fourth-order valence-corrected chi connectivity index (χ4v) is 3.67. The van der Waals surface area contributed by atoms with Crippen LogP contribution >= 0.6 is 11.6 Å². The molecule has 0 unspecified atom stereocenters. The number of alkyl halides is 3. The summed E-state index contributed by atoms with van der Waals surface area (Å²) in [6.45, 7) is 1.92. The zero-order chi connectivity index (χ0) is 22.2. The van der Waals surface area contributed by atoms with Crippen LogP contribution in [0.25, 0.3) is 0 Å². The van der Waals surface area contributed by atoms with Crippen molar-refractivity contribution in [2.75, 3.05) is 18.0 Å². The number of hydrogen-bond donors (Lipinski definition) is 3. The third-order valence-corrected chi connectivity index (χ3v) is 5.41. The molecule has 4 N–H and O–H groups in total. The summed E-state index contributed by atoms with van der Waals surface area (Å²) in [7, 11) is 0. The van der Waals surface area contributed by atoms with E-state index >= 15 is 0 Å². The largest absolute Gasteiger partial charge is 0.416 e. The molecule has 2 heterocycles. The SMILES string of the molecule is C[C@@H](C(=N)C1=C(N)CN(c2cn[nH]c(=O)c2Cl)CC1)c1ccc(F)cc1C(F)(F)F. The second kappa shape index (κ2) is 8.10. The molecule has 0 aliphatic carbocycles. The van der Waals surface area contributed by atoms with Crippen molar-refractivity contribution in [3.05, 3.63) is 68.0 Å². The third-order valence-electron chi connectivity index (χ3n) is 5.04. The monoisotopic (exact) mass is 443 g/mol. The maximum atomic E-state index is 13.4. The lowest BCUT2D eigenvalue weighted by molar-refractivity contribution is -0.138. The predicted molar refractivity (Wildman–Crippen MR) is 105 cm³/mol. The molecule has 0 fully saturated rings. The van der Waals surface area contributed by atoms with Crippen LogP contribution in [0.15, 0.2) is 40.5 Å². The Hall–Kier alpha value is -2.88. The van der Waals surface area contributed by atoms with Crippen LogP contribution in [0.1, 0.15) is 30.4 Å². The topological polar surface area (TPSA) is 98.9 Å². The lowest BCUT2D eigenvalue weighted by Crippen LogP contribution is -2.37. The summed E-state index contributed by atoms with van der Waals surface area (Å²) < 4.78 is 53.5. The number of rotatable bonds is 4. The van der Waals surface area contributed by atoms with Crippen LogP contribution in [0, 0.1) is 11.2 Å². The molecular weight excluding hydrogens is 426 g/mol. The number of nitrogens with one attached hydrogen (secondary N) is 2. The summed E-state index contributed by atoms with van der Waals surface area (Å²) in [5, 5.41) is 14.3. The predicted octanol–water partition coefficient (Wildman–Crippen LogP) is 3.83. The summed E-state index contributed by atoms with van der Waals surface area (Å²) in [5.74, 6) is -1.95. The molecule has 2 aromatic rings. The number of nitrogens with zero attached hydrogens (tertiary/aromatic N) is 2. The third kappa shape index (κ3) is 4.18. The van der Waals surface area contributed by atoms with E-state index in [2.05, 4.69) is 10.2 Å². The molecule has 1 aromatic heterocycles. The zero-order valence-corrected chi connectivity index (χ0v) is 16.5. The van der Waals surface area contributed by atoms with Crippen LogP contribution < -0.4 is 16.2 Å². The fourth-order valence-electron chi connectivity index (χ4n) is 3.46. The number of aromatic nitrogens is 2. The minimum absolute atomic E-state index is 0.0502. The summed E-state index contributed by atoms with van der Waals surface area (Å²) in [5.41, 5.74) is 5.27. The van der Waals surface area contributed by atoms with Crippen molar-refractivity contribution < 1.29 is 17.6 Å². The first kappa shape index (κ1) is 21.8. The number of nitrogens with two attached hydrogens (primary N) is 1. The van der Waals surface area contributed by atoms with Gasteiger partial charge in [0.1, 0.15) is 10.8 Å². The second-order valence-corrected chi connectivity index (χ2v) is 7.32. The van der Waals surface area contributed by atoms with Crippen molar-refractivity contribution in [1.82, 2.24) is 10.2 Å². The number of hydrogen-bond acceptors (Lipinski definition) is 5. The Kier molecular flexibility index (Phi) is 5.89. The Morgan fingerprint density at radius 2 is 2.10 bits per heavy atom. The van der Waals surface area contributed by atoms with E-state index in [1.165, 1.54) is 13.1 Å². The van der Waals surface area contributed by atoms with Gasteiger partial charge < -0.3 is 16.0 Å². The Labute approximate surface area is 173 Å². The molecule has 160 valence electrons. The Balaban J connectivity index is 1.89. The molecule has 0 amide bonds. The lowest BCUT2D eigenvalue weighted by Gasteiger charge is -2.32. The number of benzene rings is 1. The maximum absolute atomic E-state index is 13.4. The minimum atomic E-state index is -4.75. The first-order valence-electron chi connectivity index (χ1n) is 8.91. The van der Waals surface area contributed by atoms with Gasteiger partial charge in [-0.2, -0.15) is 18.3 Å². The molecule has 1 aromatic carbocycles. The first-order chi connectivity index (χ1) is 14.0. The van der Waals surface area contributed by atoms with Crippen molar-refractivity contribution >= 4 is 23.0 Å². The van der Waals surface area contributed by atoms with Crippen molar-refractivity contribution in [3.8, 4) is 0 Å². The summed E-state index contributed by atoms with van der Waals surface area (Å²) in [6, 6.07) is 2.42. The number of aromatic amines is 1. The van der Waals surface area contributed by atoms with Gasteiger partial charge in [0.05, 0.1) is 24.0 Å². The molecule has 1 aliphatic rings. The highest BCUT2D eigenvalue weighted by Crippen LogP contribution is 2.37. The molecule has 30 heavy (non-hydrogen) atoms. The highest BCUT2D eigenvalue weighted by Gasteiger charge is 2.36. The van der Waals surface area contributed by atoms with Gasteiger partial charge in [0.15, 0.2) is 0 Å². The van der Waals surface area contributed by atoms with Crippen LogP contribution in [0.2, 0.25) is 5.02 Å². The van der Waals surface area contributed by atoms with Crippen LogP contribution in [0.4, 0.5) is 23.2 Å². The molecule has 6 nitrogen and oxygen atoms in total. The Morgan fingerprint density at radius 3 is 2.73 bits per heavy atom. The molecule has 0 saturated carbocycles. The lowest BCUT2D eigenvalue weighted by atomic mass is 9.85. The summed E-state index contributed by atoms with van der Waals surface area (Å²) >= 11 is 6.01. The van der Waals surface area contributed by atoms with E-state index in [4.69, 9.17) is 22.7 Å². The number of H-pyrrole nitrogens is 1. The average Bonchev–Trinajstić information content (AvgIpc) is 2.68. The van der Waals surface area contributed by atoms with E-state index in [0.717, 1.165) is 12.1 Å². The van der Waals surface area contributed by atoms with Crippen molar-refractivity contribution in [2.45, 2.75) is 25.4 Å². The summed E-state index contributed by atoms with van der Waals surface area (Å²) in [4.78, 5) is 13.4. The smallest absolute Gasteiger partial charge is 0.400 e. The van der Waals surface area contributed by atoms with E-state index in [1.807, 2.05) is 0 Å². The summed E-state index contributed by atoms with van der Waals surface area (Å²) in [6.07, 6.45) is -3.11. The highest BCUT2D eigenvalue weighted by atomic mass is 35.5. The van der Waals surface area contributed by atoms with Gasteiger partial charge in [0, 0.05) is 23.9 Å². The van der Waals surface area contributed by atoms with E-state index in [9.17, 15) is 22.4 Å². The molecule has 0 bridgehead atoms. The van der Waals surface area contributed by atoms with Gasteiger partial charge >= 0.3 is 6.18 Å². The number of anilines is 1. The molecule has 0 saturated heterocycles. The van der Waals surface area contributed by atoms with Gasteiger partial charge in [-0.05, 0) is 29.7 Å². The van der Waals surface area contributed by atoms with E-state index in [-0.39, 0.29) is 35.0 Å². The van der Waals surface area contributed by atoms with Gasteiger partial charge in [-0.15, -0.1) is 0 Å². The van der Waals surface area contributed by atoms with Gasteiger partial charge in [0.2, 0.25) is 0 Å². The molecule has 0 radical (unpaired) electrons. The first-order valence-corrected chi connectivity index (χ1v) is 9.29. The quantitative estimate of drug-likeness (QED) is 0.494. The van der Waals surface area contributed by atoms with Crippen molar-refractivity contribution in [2.24, 2.45) is 5.73 Å². The van der Waals surface area contributed by atoms with Gasteiger partial charge in [-0.25, -0.2) is 9.49 Å². The van der Waals surface area contributed by atoms with E-state index in [1.54, 1.807) is 4.90 Å². The van der Waals surface area contributed by atoms with Crippen molar-refractivity contribution in [3.63, 3.8) is 0 Å². The Bertz CT molecular complexity index is 1080. The minimum Gasteiger partial charge on any atom is -0.400 e. The average molecular weight is 444 g/mol. The van der Waals surface area contributed by atoms with Crippen LogP contribution in [0.3, 0.4) is 0 Å². The van der Waals surface area contributed by atoms with Gasteiger partial charge in [0.25, 0.3) is 5.56 Å². The standard InChI is InChI=1S/C19H18ClF4N5O/c1-9(11-3-2-10(21)6-13(11)19(22,23)24)17(26)12-4-5-29(8-14(12)25)15-7-27-28-18(30)16(15)20/h2-3,6-7,9,26H,4-5,8,25H2,1H3,(H,28,30)/t9-/m1/s1. The van der Waals surface area contributed by atoms with Gasteiger partial charge in [-0.1, -0.05) is 24.6 Å². The van der Waals surface area contributed by atoms with Crippen LogP contribution in [0.5, 0.6) is 0 Å². The van der Waals surface area contributed by atoms with Crippen molar-refractivity contribution in [1.29, 1.82) is 5.41 Å². The highest BCUT2D eigenvalue weighted by molar-refractivity contribution is 6.33. The van der Waals surface area contributed by atoms with E-state index in [0.29, 0.717) is 23.9 Å². The second-order valence-electron chi connectivity index (χ2n) is 6.94. The molecule has 1 atom stereocenters. The Morgan fingerprint density at radius 1 is 1.40 bits per heavy atom. The number of halogens is 5.